The maximum Gasteiger partial charge on any atom is 0.414 e. The second-order valence-electron chi connectivity index (χ2n) is 6.06. The Morgan fingerprint density at radius 1 is 1.07 bits per heavy atom. The zero-order chi connectivity index (χ0) is 19.8. The quantitative estimate of drug-likeness (QED) is 0.512. The van der Waals surface area contributed by atoms with E-state index in [1.807, 2.05) is 43.5 Å². The number of carbonyl (C=O) groups is 2. The molecule has 0 aliphatic carbocycles. The number of nitrogens with two attached hydrogens (primary N) is 1. The Morgan fingerprint density at radius 2 is 1.74 bits per heavy atom. The van der Waals surface area contributed by atoms with E-state index >= 15 is 0 Å². The van der Waals surface area contributed by atoms with Gasteiger partial charge in [-0.1, -0.05) is 42.5 Å². The van der Waals surface area contributed by atoms with Crippen molar-refractivity contribution in [2.45, 2.75) is 26.0 Å². The van der Waals surface area contributed by atoms with E-state index in [1.165, 1.54) is 10.9 Å². The third-order valence-electron chi connectivity index (χ3n) is 3.72. The summed E-state index contributed by atoms with van der Waals surface area (Å²) in [7, 11) is 0. The lowest BCUT2D eigenvalue weighted by atomic mass is 10.1. The van der Waals surface area contributed by atoms with Crippen LogP contribution in [0.25, 0.3) is 10.9 Å². The maximum absolute atomic E-state index is 9.10. The number of ether oxygens (including phenoxy) is 1. The monoisotopic (exact) mass is 370 g/mol. The van der Waals surface area contributed by atoms with Crippen LogP contribution in [0.1, 0.15) is 18.1 Å². The van der Waals surface area contributed by atoms with E-state index in [0.717, 1.165) is 23.3 Å². The van der Waals surface area contributed by atoms with Crippen molar-refractivity contribution in [2.24, 2.45) is 5.73 Å². The van der Waals surface area contributed by atoms with Crippen molar-refractivity contribution in [3.63, 3.8) is 0 Å². The fourth-order valence-corrected chi connectivity index (χ4v) is 2.56. The molecule has 1 heterocycles. The van der Waals surface area contributed by atoms with Gasteiger partial charge in [0.05, 0.1) is 5.52 Å². The van der Waals surface area contributed by atoms with Gasteiger partial charge in [0.1, 0.15) is 12.4 Å². The number of para-hydroxylation sites is 1. The number of aromatic nitrogens is 1. The summed E-state index contributed by atoms with van der Waals surface area (Å²) >= 11 is 0. The second-order valence-corrected chi connectivity index (χ2v) is 6.06. The number of nitrogens with one attached hydrogen (secondary N) is 1. The molecule has 142 valence electrons. The van der Waals surface area contributed by atoms with E-state index in [1.54, 1.807) is 0 Å². The highest BCUT2D eigenvalue weighted by Crippen LogP contribution is 2.28. The van der Waals surface area contributed by atoms with Gasteiger partial charge in [-0.15, -0.1) is 0 Å². The molecule has 0 spiro atoms. The third-order valence-corrected chi connectivity index (χ3v) is 3.72. The number of benzene rings is 2. The van der Waals surface area contributed by atoms with E-state index in [2.05, 4.69) is 23.2 Å². The average Bonchev–Trinajstić information content (AvgIpc) is 3.04. The molecule has 0 saturated heterocycles. The summed E-state index contributed by atoms with van der Waals surface area (Å²) in [5.41, 5.74) is 9.35. The van der Waals surface area contributed by atoms with Crippen LogP contribution in [-0.2, 0) is 22.6 Å². The summed E-state index contributed by atoms with van der Waals surface area (Å²) in [6.45, 7) is 2.59. The fraction of sp³-hybridized carbons (Fsp3) is 0.200. The summed E-state index contributed by atoms with van der Waals surface area (Å²) in [5.74, 6) is -2.77. The Morgan fingerprint density at radius 3 is 2.33 bits per heavy atom. The molecule has 0 radical (unpaired) electrons. The van der Waals surface area contributed by atoms with Crippen molar-refractivity contribution in [3.8, 4) is 5.75 Å². The van der Waals surface area contributed by atoms with Gasteiger partial charge < -0.3 is 25.7 Å². The van der Waals surface area contributed by atoms with E-state index < -0.39 is 11.9 Å². The molecule has 2 aromatic carbocycles. The van der Waals surface area contributed by atoms with Crippen LogP contribution in [0.3, 0.4) is 0 Å². The smallest absolute Gasteiger partial charge is 0.414 e. The first-order valence-corrected chi connectivity index (χ1v) is 8.36. The average molecular weight is 370 g/mol. The number of H-pyrrole nitrogens is 1. The van der Waals surface area contributed by atoms with Gasteiger partial charge in [-0.3, -0.25) is 0 Å². The molecular formula is C20H22N2O5. The van der Waals surface area contributed by atoms with Crippen molar-refractivity contribution in [1.82, 2.24) is 4.98 Å². The molecule has 7 nitrogen and oxygen atoms in total. The Kier molecular flexibility index (Phi) is 6.96. The van der Waals surface area contributed by atoms with E-state index in [9.17, 15) is 0 Å². The lowest BCUT2D eigenvalue weighted by Gasteiger charge is -2.08. The Hall–Kier alpha value is -3.32. The highest BCUT2D eigenvalue weighted by atomic mass is 16.5. The van der Waals surface area contributed by atoms with Crippen LogP contribution in [0.5, 0.6) is 5.75 Å². The van der Waals surface area contributed by atoms with Crippen LogP contribution in [0.4, 0.5) is 0 Å². The molecule has 0 bridgehead atoms. The van der Waals surface area contributed by atoms with E-state index in [0.29, 0.717) is 6.61 Å². The van der Waals surface area contributed by atoms with Gasteiger partial charge >= 0.3 is 11.9 Å². The minimum absolute atomic E-state index is 0.151. The van der Waals surface area contributed by atoms with Gasteiger partial charge in [0.2, 0.25) is 0 Å². The molecule has 1 atom stereocenters. The molecule has 27 heavy (non-hydrogen) atoms. The van der Waals surface area contributed by atoms with Crippen molar-refractivity contribution < 1.29 is 24.5 Å². The standard InChI is InChI=1S/C18H20N2O.C2H2O4/c1-13(19)10-15-11-20-18-16(15)8-5-9-17(18)21-12-14-6-3-2-4-7-14;3-1(4)2(5)6/h2-9,11,13,20H,10,12,19H2,1H3;(H,3,4)(H,5,6)/t13-;/m1./s1. The lowest BCUT2D eigenvalue weighted by molar-refractivity contribution is -0.159. The minimum atomic E-state index is -1.82. The SMILES string of the molecule is C[C@@H](N)Cc1c[nH]c2c(OCc3ccccc3)cccc12.O=C(O)C(=O)O. The van der Waals surface area contributed by atoms with Gasteiger partial charge in [0.25, 0.3) is 0 Å². The molecule has 0 unspecified atom stereocenters. The molecule has 3 aromatic rings. The molecule has 5 N–H and O–H groups in total. The van der Waals surface area contributed by atoms with Crippen LogP contribution in [0, 0.1) is 0 Å². The number of carboxylic acids is 2. The highest BCUT2D eigenvalue weighted by molar-refractivity contribution is 6.27. The summed E-state index contributed by atoms with van der Waals surface area (Å²) in [6.07, 6.45) is 2.89. The number of aromatic amines is 1. The summed E-state index contributed by atoms with van der Waals surface area (Å²) in [6, 6.07) is 16.5. The molecular weight excluding hydrogens is 348 g/mol. The molecule has 1 aromatic heterocycles. The zero-order valence-corrected chi connectivity index (χ0v) is 14.9. The van der Waals surface area contributed by atoms with Crippen molar-refractivity contribution in [1.29, 1.82) is 0 Å². The summed E-state index contributed by atoms with van der Waals surface area (Å²) in [5, 5.41) is 16.0. The molecule has 0 aliphatic rings. The van der Waals surface area contributed by atoms with E-state index in [-0.39, 0.29) is 6.04 Å². The molecule has 0 saturated carbocycles. The van der Waals surface area contributed by atoms with Crippen LogP contribution >= 0.6 is 0 Å². The Labute approximate surface area is 156 Å². The van der Waals surface area contributed by atoms with Crippen LogP contribution < -0.4 is 10.5 Å². The highest BCUT2D eigenvalue weighted by Gasteiger charge is 2.09. The van der Waals surface area contributed by atoms with Crippen molar-refractivity contribution in [3.05, 3.63) is 65.9 Å². The minimum Gasteiger partial charge on any atom is -0.487 e. The second kappa shape index (κ2) is 9.40. The molecule has 3 rings (SSSR count). The van der Waals surface area contributed by atoms with Gasteiger partial charge in [-0.2, -0.15) is 0 Å². The summed E-state index contributed by atoms with van der Waals surface area (Å²) < 4.78 is 5.96. The molecule has 0 aliphatic heterocycles. The normalized spacial score (nSPS) is 11.3. The van der Waals surface area contributed by atoms with Crippen molar-refractivity contribution >= 4 is 22.8 Å². The van der Waals surface area contributed by atoms with Crippen LogP contribution in [-0.4, -0.2) is 33.2 Å². The van der Waals surface area contributed by atoms with Gasteiger partial charge in [0, 0.05) is 17.6 Å². The first kappa shape index (κ1) is 20.0. The third kappa shape index (κ3) is 5.86. The molecule has 0 fully saturated rings. The predicted octanol–water partition coefficient (Wildman–Crippen LogP) is 2.79. The van der Waals surface area contributed by atoms with Crippen LogP contribution in [0.2, 0.25) is 0 Å². The number of hydrogen-bond donors (Lipinski definition) is 4. The largest absolute Gasteiger partial charge is 0.487 e. The van der Waals surface area contributed by atoms with E-state index in [4.69, 9.17) is 30.3 Å². The fourth-order valence-electron chi connectivity index (χ4n) is 2.56. The first-order valence-electron chi connectivity index (χ1n) is 8.36. The first-order chi connectivity index (χ1) is 12.9. The Bertz CT molecular complexity index is 891. The van der Waals surface area contributed by atoms with Gasteiger partial charge in [0.15, 0.2) is 0 Å². The lowest BCUT2D eigenvalue weighted by Crippen LogP contribution is -2.17. The van der Waals surface area contributed by atoms with Crippen LogP contribution in [0.15, 0.2) is 54.7 Å². The molecule has 0 amide bonds. The number of aliphatic carboxylic acids is 2. The number of fused-ring (bicyclic) bond motifs is 1. The molecule has 7 heteroatoms. The predicted molar refractivity (Wildman–Crippen MR) is 102 cm³/mol. The zero-order valence-electron chi connectivity index (χ0n) is 14.9. The Balaban J connectivity index is 0.000000380. The number of carboxylic acid groups (broad SMARTS) is 2. The van der Waals surface area contributed by atoms with Crippen molar-refractivity contribution in [2.75, 3.05) is 0 Å². The number of hydrogen-bond acceptors (Lipinski definition) is 4. The topological polar surface area (TPSA) is 126 Å². The maximum atomic E-state index is 9.10. The summed E-state index contributed by atoms with van der Waals surface area (Å²) in [4.78, 5) is 21.5. The van der Waals surface area contributed by atoms with Gasteiger partial charge in [-0.25, -0.2) is 9.59 Å². The van der Waals surface area contributed by atoms with Gasteiger partial charge in [-0.05, 0) is 30.5 Å². The number of rotatable bonds is 5.